The van der Waals surface area contributed by atoms with E-state index in [1.165, 1.54) is 5.56 Å². The zero-order valence-corrected chi connectivity index (χ0v) is 17.3. The molecule has 0 N–H and O–H groups in total. The quantitative estimate of drug-likeness (QED) is 0.709. The fraction of sp³-hybridized carbons (Fsp3) is 0.632. The molecule has 3 nitrogen and oxygen atoms in total. The minimum atomic E-state index is -1.81. The van der Waals surface area contributed by atoms with Crippen LogP contribution >= 0.6 is 11.6 Å². The van der Waals surface area contributed by atoms with E-state index in [0.717, 1.165) is 18.4 Å². The molecule has 5 heteroatoms. The molecule has 0 atom stereocenters. The van der Waals surface area contributed by atoms with Crippen LogP contribution in [0, 0.1) is 0 Å². The van der Waals surface area contributed by atoms with Gasteiger partial charge in [-0.05, 0) is 54.2 Å². The van der Waals surface area contributed by atoms with Gasteiger partial charge >= 0.3 is 0 Å². The van der Waals surface area contributed by atoms with Gasteiger partial charge in [-0.2, -0.15) is 0 Å². The Bertz CT molecular complexity index is 674. The number of fused-ring (bicyclic) bond motifs is 2. The summed E-state index contributed by atoms with van der Waals surface area (Å²) in [6.07, 6.45) is 1.72. The van der Waals surface area contributed by atoms with Gasteiger partial charge in [-0.1, -0.05) is 38.4 Å². The maximum atomic E-state index is 13.0. The summed E-state index contributed by atoms with van der Waals surface area (Å²) < 4.78 is 6.53. The lowest BCUT2D eigenvalue weighted by Crippen LogP contribution is -2.61. The Balaban J connectivity index is 1.86. The van der Waals surface area contributed by atoms with Crippen molar-refractivity contribution >= 4 is 25.8 Å². The summed E-state index contributed by atoms with van der Waals surface area (Å²) in [6, 6.07) is 5.97. The minimum absolute atomic E-state index is 0.174. The largest absolute Gasteiger partial charge is 0.414 e. The fourth-order valence-corrected chi connectivity index (χ4v) is 5.25. The molecular formula is C19H28ClNO2Si. The summed E-state index contributed by atoms with van der Waals surface area (Å²) in [5.41, 5.74) is 1.90. The second-order valence-corrected chi connectivity index (χ2v) is 14.1. The molecule has 24 heavy (non-hydrogen) atoms. The van der Waals surface area contributed by atoms with E-state index in [0.29, 0.717) is 11.6 Å². The zero-order valence-electron chi connectivity index (χ0n) is 15.6. The average molecular weight is 366 g/mol. The Morgan fingerprint density at radius 2 is 1.92 bits per heavy atom. The van der Waals surface area contributed by atoms with E-state index < -0.39 is 13.7 Å². The highest BCUT2D eigenvalue weighted by Crippen LogP contribution is 2.52. The second kappa shape index (κ2) is 5.58. The Kier molecular flexibility index (Phi) is 4.18. The van der Waals surface area contributed by atoms with Crippen LogP contribution in [0.5, 0.6) is 0 Å². The highest BCUT2D eigenvalue weighted by molar-refractivity contribution is 6.74. The van der Waals surface area contributed by atoms with Gasteiger partial charge in [-0.15, -0.1) is 0 Å². The first-order chi connectivity index (χ1) is 11.0. The van der Waals surface area contributed by atoms with Crippen LogP contribution in [0.1, 0.15) is 44.7 Å². The zero-order chi connectivity index (χ0) is 17.9. The summed E-state index contributed by atoms with van der Waals surface area (Å²) in [4.78, 5) is 14.8. The van der Waals surface area contributed by atoms with Gasteiger partial charge in [0.05, 0.1) is 5.41 Å². The number of amides is 1. The van der Waals surface area contributed by atoms with Crippen LogP contribution in [-0.4, -0.2) is 32.3 Å². The van der Waals surface area contributed by atoms with Gasteiger partial charge in [-0.3, -0.25) is 4.79 Å². The van der Waals surface area contributed by atoms with Gasteiger partial charge in [0.2, 0.25) is 5.91 Å². The van der Waals surface area contributed by atoms with Crippen molar-refractivity contribution in [1.29, 1.82) is 0 Å². The first-order valence-electron chi connectivity index (χ1n) is 8.69. The normalized spacial score (nSPS) is 27.2. The van der Waals surface area contributed by atoms with E-state index in [9.17, 15) is 4.79 Å². The minimum Gasteiger partial charge on any atom is -0.414 e. The van der Waals surface area contributed by atoms with Crippen LogP contribution in [0.25, 0.3) is 0 Å². The molecule has 132 valence electrons. The van der Waals surface area contributed by atoms with Gasteiger partial charge in [-0.25, -0.2) is 0 Å². The number of carbonyl (C=O) groups is 1. The van der Waals surface area contributed by atoms with E-state index in [2.05, 4.69) is 39.9 Å². The average Bonchev–Trinajstić information content (AvgIpc) is 2.41. The number of hydrogen-bond donors (Lipinski definition) is 0. The SMILES string of the molecule is CN1Cc2ccc(Cl)cc2C2(CC(O[Si](C)(C)C(C)(C)C)C2)C1=O. The number of likely N-dealkylation sites (N-methyl/N-ethyl adjacent to an activating group) is 1. The summed E-state index contributed by atoms with van der Waals surface area (Å²) in [6.45, 7) is 12.0. The molecule has 1 saturated carbocycles. The molecule has 0 saturated heterocycles. The fourth-order valence-electron chi connectivity index (χ4n) is 3.73. The topological polar surface area (TPSA) is 29.5 Å². The second-order valence-electron chi connectivity index (χ2n) is 8.95. The number of rotatable bonds is 2. The maximum Gasteiger partial charge on any atom is 0.233 e. The number of benzene rings is 1. The van der Waals surface area contributed by atoms with Gasteiger partial charge in [0.25, 0.3) is 0 Å². The van der Waals surface area contributed by atoms with Gasteiger partial charge in [0.1, 0.15) is 0 Å². The molecule has 0 unspecified atom stereocenters. The van der Waals surface area contributed by atoms with E-state index in [4.69, 9.17) is 16.0 Å². The van der Waals surface area contributed by atoms with Crippen molar-refractivity contribution in [2.45, 2.75) is 69.8 Å². The molecule has 1 amide bonds. The van der Waals surface area contributed by atoms with Crippen molar-refractivity contribution in [2.75, 3.05) is 7.05 Å². The van der Waals surface area contributed by atoms with E-state index in [1.807, 2.05) is 24.1 Å². The third-order valence-corrected chi connectivity index (χ3v) is 10.9. The van der Waals surface area contributed by atoms with Gasteiger partial charge in [0, 0.05) is 24.7 Å². The molecule has 1 aliphatic carbocycles. The molecule has 3 rings (SSSR count). The van der Waals surface area contributed by atoms with Gasteiger partial charge in [0.15, 0.2) is 8.32 Å². The molecule has 2 aliphatic rings. The molecule has 1 aromatic rings. The Morgan fingerprint density at radius 3 is 2.50 bits per heavy atom. The smallest absolute Gasteiger partial charge is 0.233 e. The van der Waals surface area contributed by atoms with Crippen molar-refractivity contribution in [3.63, 3.8) is 0 Å². The van der Waals surface area contributed by atoms with Crippen LogP contribution in [0.3, 0.4) is 0 Å². The standard InChI is InChI=1S/C19H28ClNO2Si/c1-18(2,3)24(5,6)23-15-10-19(11-15)16-9-14(20)8-7-13(16)12-21(4)17(19)22/h7-9,15H,10-12H2,1-6H3. The van der Waals surface area contributed by atoms with E-state index >= 15 is 0 Å². The monoisotopic (exact) mass is 365 g/mol. The lowest BCUT2D eigenvalue weighted by atomic mass is 9.59. The van der Waals surface area contributed by atoms with Crippen molar-refractivity contribution in [3.05, 3.63) is 34.3 Å². The molecule has 0 radical (unpaired) electrons. The molecule has 1 heterocycles. The molecule has 1 aromatic carbocycles. The third-order valence-electron chi connectivity index (χ3n) is 6.17. The summed E-state index contributed by atoms with van der Waals surface area (Å²) in [7, 11) is 0.0821. The molecule has 1 aliphatic heterocycles. The Hall–Kier alpha value is -0.843. The summed E-state index contributed by atoms with van der Waals surface area (Å²) >= 11 is 6.22. The van der Waals surface area contributed by atoms with Crippen LogP contribution in [-0.2, 0) is 21.2 Å². The van der Waals surface area contributed by atoms with Crippen molar-refractivity contribution in [1.82, 2.24) is 4.90 Å². The van der Waals surface area contributed by atoms with E-state index in [1.54, 1.807) is 0 Å². The molecule has 0 aromatic heterocycles. The van der Waals surface area contributed by atoms with Gasteiger partial charge < -0.3 is 9.33 Å². The van der Waals surface area contributed by atoms with Crippen LogP contribution < -0.4 is 0 Å². The Morgan fingerprint density at radius 1 is 1.29 bits per heavy atom. The first kappa shape index (κ1) is 18.0. The molecule has 1 fully saturated rings. The highest BCUT2D eigenvalue weighted by Gasteiger charge is 2.57. The van der Waals surface area contributed by atoms with Crippen molar-refractivity contribution in [3.8, 4) is 0 Å². The van der Waals surface area contributed by atoms with E-state index in [-0.39, 0.29) is 17.0 Å². The predicted molar refractivity (Wildman–Crippen MR) is 101 cm³/mol. The third kappa shape index (κ3) is 2.73. The first-order valence-corrected chi connectivity index (χ1v) is 12.0. The lowest BCUT2D eigenvalue weighted by molar-refractivity contribution is -0.146. The van der Waals surface area contributed by atoms with Crippen molar-refractivity contribution < 1.29 is 9.22 Å². The predicted octanol–water partition coefficient (Wildman–Crippen LogP) is 4.73. The lowest BCUT2D eigenvalue weighted by Gasteiger charge is -2.54. The van der Waals surface area contributed by atoms with Crippen LogP contribution in [0.4, 0.5) is 0 Å². The Labute approximate surface area is 151 Å². The summed E-state index contributed by atoms with van der Waals surface area (Å²) in [5.74, 6) is 0.215. The van der Waals surface area contributed by atoms with Crippen molar-refractivity contribution in [2.24, 2.45) is 0 Å². The molecule has 0 bridgehead atoms. The molecular weight excluding hydrogens is 338 g/mol. The number of hydrogen-bond acceptors (Lipinski definition) is 2. The highest BCUT2D eigenvalue weighted by atomic mass is 35.5. The molecule has 1 spiro atoms. The number of halogens is 1. The maximum absolute atomic E-state index is 13.0. The summed E-state index contributed by atoms with van der Waals surface area (Å²) in [5, 5.41) is 0.892. The van der Waals surface area contributed by atoms with Crippen LogP contribution in [0.15, 0.2) is 18.2 Å². The number of carbonyl (C=O) groups excluding carboxylic acids is 1. The van der Waals surface area contributed by atoms with Crippen LogP contribution in [0.2, 0.25) is 23.2 Å². The number of nitrogens with zero attached hydrogens (tertiary/aromatic N) is 1.